The minimum Gasteiger partial charge on any atom is -0.378 e. The Morgan fingerprint density at radius 2 is 1.61 bits per heavy atom. The Kier molecular flexibility index (Phi) is 7.64. The normalized spacial score (nSPS) is 14.4. The van der Waals surface area contributed by atoms with E-state index in [2.05, 4.69) is 37.1 Å². The van der Waals surface area contributed by atoms with Gasteiger partial charge in [0.05, 0.1) is 19.8 Å². The number of amides is 1. The highest BCUT2D eigenvalue weighted by Gasteiger charge is 2.27. The molecule has 3 aromatic carbocycles. The van der Waals surface area contributed by atoms with Crippen molar-refractivity contribution in [2.75, 3.05) is 36.5 Å². The molecule has 184 valence electrons. The summed E-state index contributed by atoms with van der Waals surface area (Å²) in [5.74, 6) is 0.702. The molecule has 1 unspecified atom stereocenters. The third kappa shape index (κ3) is 5.78. The van der Waals surface area contributed by atoms with E-state index in [1.54, 1.807) is 0 Å². The fourth-order valence-corrected chi connectivity index (χ4v) is 5.15. The Bertz CT molecular complexity index is 1270. The SMILES string of the molecule is Cc1ccc(NC(=O)C(Sc2nnc(N3CCOCC3)n2Cc2ccccc2)c2ccccc2)cc1. The summed E-state index contributed by atoms with van der Waals surface area (Å²) < 4.78 is 7.66. The summed E-state index contributed by atoms with van der Waals surface area (Å²) >= 11 is 1.42. The van der Waals surface area contributed by atoms with Crippen molar-refractivity contribution < 1.29 is 9.53 Å². The van der Waals surface area contributed by atoms with Crippen LogP contribution in [-0.2, 0) is 16.1 Å². The molecule has 4 aromatic rings. The Hall–Kier alpha value is -3.62. The summed E-state index contributed by atoms with van der Waals surface area (Å²) in [6, 6.07) is 27.9. The van der Waals surface area contributed by atoms with Gasteiger partial charge in [-0.05, 0) is 30.2 Å². The van der Waals surface area contributed by atoms with Crippen molar-refractivity contribution in [3.8, 4) is 0 Å². The number of nitrogens with one attached hydrogen (secondary N) is 1. The molecule has 0 spiro atoms. The lowest BCUT2D eigenvalue weighted by Gasteiger charge is -2.28. The molecule has 1 fully saturated rings. The summed E-state index contributed by atoms with van der Waals surface area (Å²) in [6.07, 6.45) is 0. The van der Waals surface area contributed by atoms with Gasteiger partial charge in [-0.3, -0.25) is 9.36 Å². The van der Waals surface area contributed by atoms with Gasteiger partial charge in [0.1, 0.15) is 5.25 Å². The second-order valence-corrected chi connectivity index (χ2v) is 9.79. The Balaban J connectivity index is 1.47. The first kappa shape index (κ1) is 24.1. The van der Waals surface area contributed by atoms with Crippen molar-refractivity contribution in [3.63, 3.8) is 0 Å². The van der Waals surface area contributed by atoms with E-state index < -0.39 is 5.25 Å². The lowest BCUT2D eigenvalue weighted by molar-refractivity contribution is -0.115. The third-order valence-electron chi connectivity index (χ3n) is 6.06. The van der Waals surface area contributed by atoms with Gasteiger partial charge in [-0.2, -0.15) is 0 Å². The van der Waals surface area contributed by atoms with E-state index in [1.165, 1.54) is 11.8 Å². The van der Waals surface area contributed by atoms with Crippen LogP contribution in [-0.4, -0.2) is 47.0 Å². The number of rotatable bonds is 8. The first-order chi connectivity index (χ1) is 17.7. The molecule has 1 aliphatic heterocycles. The zero-order valence-corrected chi connectivity index (χ0v) is 21.0. The highest BCUT2D eigenvalue weighted by Crippen LogP contribution is 2.37. The van der Waals surface area contributed by atoms with Gasteiger partial charge in [-0.25, -0.2) is 0 Å². The standard InChI is InChI=1S/C28H29N5O2S/c1-21-12-14-24(15-13-21)29-26(34)25(23-10-6-3-7-11-23)36-28-31-30-27(32-16-18-35-19-17-32)33(28)20-22-8-4-2-5-9-22/h2-15,25H,16-20H2,1H3,(H,29,34). The highest BCUT2D eigenvalue weighted by molar-refractivity contribution is 8.00. The van der Waals surface area contributed by atoms with E-state index in [9.17, 15) is 4.79 Å². The molecule has 1 aromatic heterocycles. The second kappa shape index (κ2) is 11.4. The van der Waals surface area contributed by atoms with Crippen LogP contribution in [0.15, 0.2) is 90.1 Å². The van der Waals surface area contributed by atoms with E-state index in [4.69, 9.17) is 4.74 Å². The molecule has 2 heterocycles. The van der Waals surface area contributed by atoms with E-state index >= 15 is 0 Å². The molecule has 1 N–H and O–H groups in total. The number of morpholine rings is 1. The summed E-state index contributed by atoms with van der Waals surface area (Å²) in [5.41, 5.74) is 3.97. The molecule has 1 saturated heterocycles. The number of carbonyl (C=O) groups excluding carboxylic acids is 1. The fraction of sp³-hybridized carbons (Fsp3) is 0.250. The van der Waals surface area contributed by atoms with Crippen molar-refractivity contribution in [1.29, 1.82) is 0 Å². The third-order valence-corrected chi connectivity index (χ3v) is 7.29. The summed E-state index contributed by atoms with van der Waals surface area (Å²) in [7, 11) is 0. The quantitative estimate of drug-likeness (QED) is 0.346. The summed E-state index contributed by atoms with van der Waals surface area (Å²) in [4.78, 5) is 15.8. The molecule has 0 saturated carbocycles. The summed E-state index contributed by atoms with van der Waals surface area (Å²) in [5, 5.41) is 12.4. The maximum Gasteiger partial charge on any atom is 0.242 e. The highest BCUT2D eigenvalue weighted by atomic mass is 32.2. The van der Waals surface area contributed by atoms with Gasteiger partial charge in [-0.1, -0.05) is 90.1 Å². The van der Waals surface area contributed by atoms with Crippen molar-refractivity contribution in [1.82, 2.24) is 14.8 Å². The molecular weight excluding hydrogens is 470 g/mol. The number of anilines is 2. The number of benzene rings is 3. The maximum atomic E-state index is 13.6. The van der Waals surface area contributed by atoms with Crippen LogP contribution in [0.3, 0.4) is 0 Å². The fourth-order valence-electron chi connectivity index (χ4n) is 4.12. The minimum atomic E-state index is -0.497. The smallest absolute Gasteiger partial charge is 0.242 e. The van der Waals surface area contributed by atoms with Crippen LogP contribution in [0.2, 0.25) is 0 Å². The molecule has 1 aliphatic rings. The molecule has 0 bridgehead atoms. The number of nitrogens with zero attached hydrogens (tertiary/aromatic N) is 4. The van der Waals surface area contributed by atoms with Gasteiger partial charge in [0, 0.05) is 18.8 Å². The van der Waals surface area contributed by atoms with Gasteiger partial charge in [0.2, 0.25) is 11.9 Å². The lowest BCUT2D eigenvalue weighted by atomic mass is 10.1. The van der Waals surface area contributed by atoms with Gasteiger partial charge in [0.15, 0.2) is 5.16 Å². The van der Waals surface area contributed by atoms with Gasteiger partial charge in [0.25, 0.3) is 0 Å². The molecule has 8 heteroatoms. The molecule has 36 heavy (non-hydrogen) atoms. The van der Waals surface area contributed by atoms with Crippen molar-refractivity contribution in [2.45, 2.75) is 23.9 Å². The second-order valence-electron chi connectivity index (χ2n) is 8.72. The monoisotopic (exact) mass is 499 g/mol. The number of ether oxygens (including phenoxy) is 1. The van der Waals surface area contributed by atoms with E-state index in [0.717, 1.165) is 41.4 Å². The Morgan fingerprint density at radius 3 is 2.31 bits per heavy atom. The molecule has 1 amide bonds. The van der Waals surface area contributed by atoms with Gasteiger partial charge >= 0.3 is 0 Å². The molecule has 5 rings (SSSR count). The van der Waals surface area contributed by atoms with Crippen molar-refractivity contribution in [2.24, 2.45) is 0 Å². The van der Waals surface area contributed by atoms with E-state index in [0.29, 0.717) is 24.9 Å². The van der Waals surface area contributed by atoms with E-state index in [1.807, 2.05) is 79.7 Å². The van der Waals surface area contributed by atoms with Crippen LogP contribution in [0.5, 0.6) is 0 Å². The van der Waals surface area contributed by atoms with Crippen LogP contribution in [0.25, 0.3) is 0 Å². The Labute approximate surface area is 215 Å². The number of thioether (sulfide) groups is 1. The zero-order chi connectivity index (χ0) is 24.7. The zero-order valence-electron chi connectivity index (χ0n) is 20.2. The van der Waals surface area contributed by atoms with Crippen LogP contribution in [0.4, 0.5) is 11.6 Å². The van der Waals surface area contributed by atoms with Crippen LogP contribution < -0.4 is 10.2 Å². The molecular formula is C28H29N5O2S. The van der Waals surface area contributed by atoms with Gasteiger partial charge < -0.3 is 15.0 Å². The van der Waals surface area contributed by atoms with Crippen LogP contribution in [0, 0.1) is 6.92 Å². The van der Waals surface area contributed by atoms with Crippen LogP contribution >= 0.6 is 11.8 Å². The van der Waals surface area contributed by atoms with Crippen LogP contribution in [0.1, 0.15) is 21.9 Å². The molecule has 0 aliphatic carbocycles. The number of hydrogen-bond donors (Lipinski definition) is 1. The number of aromatic nitrogens is 3. The number of hydrogen-bond acceptors (Lipinski definition) is 6. The van der Waals surface area contributed by atoms with Crippen molar-refractivity contribution >= 4 is 29.3 Å². The number of carbonyl (C=O) groups is 1. The average Bonchev–Trinajstić information content (AvgIpc) is 3.32. The summed E-state index contributed by atoms with van der Waals surface area (Å²) in [6.45, 7) is 5.48. The Morgan fingerprint density at radius 1 is 0.944 bits per heavy atom. The van der Waals surface area contributed by atoms with Crippen molar-refractivity contribution in [3.05, 3.63) is 102 Å². The molecule has 0 radical (unpaired) electrons. The minimum absolute atomic E-state index is 0.0998. The topological polar surface area (TPSA) is 72.3 Å². The maximum absolute atomic E-state index is 13.6. The predicted molar refractivity (Wildman–Crippen MR) is 143 cm³/mol. The first-order valence-electron chi connectivity index (χ1n) is 12.1. The first-order valence-corrected chi connectivity index (χ1v) is 12.9. The average molecular weight is 500 g/mol. The predicted octanol–water partition coefficient (Wildman–Crippen LogP) is 4.94. The largest absolute Gasteiger partial charge is 0.378 e. The molecule has 1 atom stereocenters. The lowest BCUT2D eigenvalue weighted by Crippen LogP contribution is -2.38. The van der Waals surface area contributed by atoms with Gasteiger partial charge in [-0.15, -0.1) is 10.2 Å². The number of aryl methyl sites for hydroxylation is 1. The van der Waals surface area contributed by atoms with E-state index in [-0.39, 0.29) is 5.91 Å². The molecule has 7 nitrogen and oxygen atoms in total.